The highest BCUT2D eigenvalue weighted by molar-refractivity contribution is 7.90. The lowest BCUT2D eigenvalue weighted by atomic mass is 9.97. The van der Waals surface area contributed by atoms with E-state index in [0.717, 1.165) is 30.3 Å². The van der Waals surface area contributed by atoms with Gasteiger partial charge in [-0.05, 0) is 31.0 Å². The summed E-state index contributed by atoms with van der Waals surface area (Å²) in [5.74, 6) is -0.0165. The number of likely N-dealkylation sites (tertiary alicyclic amines) is 1. The maximum absolute atomic E-state index is 13.1. The summed E-state index contributed by atoms with van der Waals surface area (Å²) >= 11 is 0. The van der Waals surface area contributed by atoms with Crippen LogP contribution in [0.1, 0.15) is 35.0 Å². The van der Waals surface area contributed by atoms with Gasteiger partial charge < -0.3 is 9.32 Å². The lowest BCUT2D eigenvalue weighted by Gasteiger charge is -2.31. The average Bonchev–Trinajstić information content (AvgIpc) is 3.16. The van der Waals surface area contributed by atoms with Crippen molar-refractivity contribution >= 4 is 32.5 Å². The molecule has 0 bridgehead atoms. The summed E-state index contributed by atoms with van der Waals surface area (Å²) in [4.78, 5) is 29.4. The molecule has 1 aliphatic heterocycles. The minimum absolute atomic E-state index is 0.0251. The zero-order chi connectivity index (χ0) is 21.5. The van der Waals surface area contributed by atoms with Gasteiger partial charge in [-0.1, -0.05) is 12.1 Å². The Morgan fingerprint density at radius 2 is 2.03 bits per heavy atom. The van der Waals surface area contributed by atoms with Crippen LogP contribution in [0.25, 0.3) is 11.1 Å². The van der Waals surface area contributed by atoms with E-state index in [9.17, 15) is 23.3 Å². The van der Waals surface area contributed by atoms with E-state index in [1.807, 2.05) is 24.3 Å². The molecule has 1 aromatic heterocycles. The summed E-state index contributed by atoms with van der Waals surface area (Å²) in [7, 11) is -3.71. The summed E-state index contributed by atoms with van der Waals surface area (Å²) in [5.41, 5.74) is 0.955. The SMILES string of the molecule is CS(=O)(=O)c1cc(C(=O)N2CCCC(c3nc4ccccc4o3)C2)cc([N+](=O)[O-])c1. The van der Waals surface area contributed by atoms with Crippen molar-refractivity contribution in [3.63, 3.8) is 0 Å². The number of carbonyl (C=O) groups is 1. The molecule has 9 nitrogen and oxygen atoms in total. The number of benzene rings is 2. The van der Waals surface area contributed by atoms with Gasteiger partial charge >= 0.3 is 0 Å². The Balaban J connectivity index is 1.63. The number of piperidine rings is 1. The van der Waals surface area contributed by atoms with E-state index in [2.05, 4.69) is 4.98 Å². The van der Waals surface area contributed by atoms with Gasteiger partial charge in [0.1, 0.15) is 5.52 Å². The van der Waals surface area contributed by atoms with E-state index >= 15 is 0 Å². The molecule has 0 spiro atoms. The Labute approximate surface area is 172 Å². The van der Waals surface area contributed by atoms with Crippen molar-refractivity contribution in [2.75, 3.05) is 19.3 Å². The van der Waals surface area contributed by atoms with Crippen LogP contribution in [0.2, 0.25) is 0 Å². The zero-order valence-electron chi connectivity index (χ0n) is 16.1. The minimum atomic E-state index is -3.71. The summed E-state index contributed by atoms with van der Waals surface area (Å²) in [6.07, 6.45) is 2.45. The first kappa shape index (κ1) is 20.0. The van der Waals surface area contributed by atoms with Crippen molar-refractivity contribution < 1.29 is 22.6 Å². The Morgan fingerprint density at radius 1 is 1.27 bits per heavy atom. The molecule has 4 rings (SSSR count). The topological polar surface area (TPSA) is 124 Å². The largest absolute Gasteiger partial charge is 0.440 e. The molecule has 1 fully saturated rings. The highest BCUT2D eigenvalue weighted by atomic mass is 32.2. The third-order valence-corrected chi connectivity index (χ3v) is 6.24. The number of amides is 1. The summed E-state index contributed by atoms with van der Waals surface area (Å²) in [6, 6.07) is 10.7. The Hall–Kier alpha value is -3.27. The van der Waals surface area contributed by atoms with E-state index < -0.39 is 26.4 Å². The van der Waals surface area contributed by atoms with Crippen LogP contribution in [-0.2, 0) is 9.84 Å². The maximum Gasteiger partial charge on any atom is 0.271 e. The molecule has 10 heteroatoms. The van der Waals surface area contributed by atoms with Crippen LogP contribution in [0.15, 0.2) is 51.8 Å². The molecular formula is C20H19N3O6S. The lowest BCUT2D eigenvalue weighted by molar-refractivity contribution is -0.385. The average molecular weight is 429 g/mol. The van der Waals surface area contributed by atoms with E-state index in [1.165, 1.54) is 6.07 Å². The van der Waals surface area contributed by atoms with Crippen molar-refractivity contribution in [1.29, 1.82) is 0 Å². The second-order valence-electron chi connectivity index (χ2n) is 7.36. The number of nitrogens with zero attached hydrogens (tertiary/aromatic N) is 3. The normalized spacial score (nSPS) is 17.2. The molecule has 156 valence electrons. The molecule has 0 aliphatic carbocycles. The van der Waals surface area contributed by atoms with Gasteiger partial charge in [-0.3, -0.25) is 14.9 Å². The molecular weight excluding hydrogens is 410 g/mol. The number of fused-ring (bicyclic) bond motifs is 1. The van der Waals surface area contributed by atoms with Crippen molar-refractivity contribution in [2.24, 2.45) is 0 Å². The van der Waals surface area contributed by atoms with Gasteiger partial charge in [0.2, 0.25) is 0 Å². The number of aromatic nitrogens is 1. The smallest absolute Gasteiger partial charge is 0.271 e. The Morgan fingerprint density at radius 3 is 2.73 bits per heavy atom. The molecule has 1 aliphatic rings. The number of hydrogen-bond donors (Lipinski definition) is 0. The fraction of sp³-hybridized carbons (Fsp3) is 0.300. The van der Waals surface area contributed by atoms with Crippen LogP contribution >= 0.6 is 0 Å². The quantitative estimate of drug-likeness (QED) is 0.461. The predicted octanol–water partition coefficient (Wildman–Crippen LogP) is 3.16. The molecule has 3 aromatic rings. The molecule has 0 radical (unpaired) electrons. The molecule has 0 saturated carbocycles. The first-order valence-corrected chi connectivity index (χ1v) is 11.3. The number of nitro groups is 1. The number of para-hydroxylation sites is 2. The van der Waals surface area contributed by atoms with Crippen LogP contribution in [0.4, 0.5) is 5.69 Å². The van der Waals surface area contributed by atoms with Gasteiger partial charge in [0.25, 0.3) is 11.6 Å². The molecule has 2 heterocycles. The number of oxazole rings is 1. The van der Waals surface area contributed by atoms with E-state index in [-0.39, 0.29) is 16.4 Å². The highest BCUT2D eigenvalue weighted by Crippen LogP contribution is 2.30. The van der Waals surface area contributed by atoms with Crippen molar-refractivity contribution in [3.05, 3.63) is 64.0 Å². The maximum atomic E-state index is 13.1. The number of carbonyl (C=O) groups excluding carboxylic acids is 1. The van der Waals surface area contributed by atoms with Gasteiger partial charge in [-0.25, -0.2) is 13.4 Å². The van der Waals surface area contributed by atoms with Gasteiger partial charge in [0, 0.05) is 37.0 Å². The van der Waals surface area contributed by atoms with Crippen molar-refractivity contribution in [1.82, 2.24) is 9.88 Å². The molecule has 1 saturated heterocycles. The standard InChI is InChI=1S/C20H19N3O6S/c1-30(27,28)16-10-14(9-15(11-16)23(25)26)20(24)22-8-4-5-13(12-22)19-21-17-6-2-3-7-18(17)29-19/h2-3,6-7,9-11,13H,4-5,8,12H2,1H3. The predicted molar refractivity (Wildman–Crippen MR) is 108 cm³/mol. The number of sulfone groups is 1. The highest BCUT2D eigenvalue weighted by Gasteiger charge is 2.30. The molecule has 1 amide bonds. The fourth-order valence-corrected chi connectivity index (χ4v) is 4.31. The second kappa shape index (κ2) is 7.52. The van der Waals surface area contributed by atoms with Crippen LogP contribution in [0.3, 0.4) is 0 Å². The molecule has 30 heavy (non-hydrogen) atoms. The first-order chi connectivity index (χ1) is 14.2. The number of nitro benzene ring substituents is 1. The lowest BCUT2D eigenvalue weighted by Crippen LogP contribution is -2.39. The molecule has 2 aromatic carbocycles. The zero-order valence-corrected chi connectivity index (χ0v) is 17.0. The van der Waals surface area contributed by atoms with E-state index in [4.69, 9.17) is 4.42 Å². The summed E-state index contributed by atoms with van der Waals surface area (Å²) in [5, 5.41) is 11.2. The third-order valence-electron chi connectivity index (χ3n) is 5.15. The van der Waals surface area contributed by atoms with Crippen LogP contribution in [-0.4, -0.2) is 48.5 Å². The number of rotatable bonds is 4. The second-order valence-corrected chi connectivity index (χ2v) is 9.37. The van der Waals surface area contributed by atoms with Gasteiger partial charge in [-0.2, -0.15) is 0 Å². The molecule has 0 N–H and O–H groups in total. The number of hydrogen-bond acceptors (Lipinski definition) is 7. The van der Waals surface area contributed by atoms with Crippen LogP contribution in [0, 0.1) is 10.1 Å². The fourth-order valence-electron chi connectivity index (χ4n) is 3.64. The Bertz CT molecular complexity index is 1220. The van der Waals surface area contributed by atoms with Crippen molar-refractivity contribution in [2.45, 2.75) is 23.7 Å². The van der Waals surface area contributed by atoms with E-state index in [1.54, 1.807) is 4.90 Å². The minimum Gasteiger partial charge on any atom is -0.440 e. The monoisotopic (exact) mass is 429 g/mol. The first-order valence-electron chi connectivity index (χ1n) is 9.36. The molecule has 1 atom stereocenters. The van der Waals surface area contributed by atoms with Gasteiger partial charge in [-0.15, -0.1) is 0 Å². The third kappa shape index (κ3) is 3.90. The summed E-state index contributed by atoms with van der Waals surface area (Å²) < 4.78 is 29.7. The van der Waals surface area contributed by atoms with E-state index in [0.29, 0.717) is 31.0 Å². The van der Waals surface area contributed by atoms with Gasteiger partial charge in [0.15, 0.2) is 21.3 Å². The van der Waals surface area contributed by atoms with Crippen LogP contribution in [0.5, 0.6) is 0 Å². The van der Waals surface area contributed by atoms with Gasteiger partial charge in [0.05, 0.1) is 15.7 Å². The molecule has 1 unspecified atom stereocenters. The van der Waals surface area contributed by atoms with Crippen LogP contribution < -0.4 is 0 Å². The van der Waals surface area contributed by atoms with Crippen molar-refractivity contribution in [3.8, 4) is 0 Å². The number of non-ortho nitro benzene ring substituents is 1. The summed E-state index contributed by atoms with van der Waals surface area (Å²) in [6.45, 7) is 0.801. The Kier molecular flexibility index (Phi) is 5.02.